The minimum absolute atomic E-state index is 0.0957. The summed E-state index contributed by atoms with van der Waals surface area (Å²) in [6.07, 6.45) is 0. The first kappa shape index (κ1) is 17.4. The number of hydrogen-bond acceptors (Lipinski definition) is 4. The smallest absolute Gasteiger partial charge is 0.255 e. The molecule has 7 heteroatoms. The SMILES string of the molecule is COc1ccc(C(=O)Nc2cccc(C(C)=NNC(N)=S)c2)cc1. The Labute approximate surface area is 145 Å². The van der Waals surface area contributed by atoms with Crippen molar-refractivity contribution in [2.24, 2.45) is 10.8 Å². The van der Waals surface area contributed by atoms with Crippen molar-refractivity contribution in [1.82, 2.24) is 5.43 Å². The molecule has 0 unspecified atom stereocenters. The molecule has 0 saturated heterocycles. The molecule has 2 rings (SSSR count). The van der Waals surface area contributed by atoms with E-state index in [1.54, 1.807) is 37.4 Å². The molecule has 24 heavy (non-hydrogen) atoms. The maximum Gasteiger partial charge on any atom is 0.255 e. The topological polar surface area (TPSA) is 88.7 Å². The first-order valence-corrected chi connectivity index (χ1v) is 7.56. The first-order valence-electron chi connectivity index (χ1n) is 7.15. The quantitative estimate of drug-likeness (QED) is 0.441. The van der Waals surface area contributed by atoms with E-state index in [4.69, 9.17) is 22.7 Å². The first-order chi connectivity index (χ1) is 11.5. The van der Waals surface area contributed by atoms with Crippen molar-refractivity contribution in [3.05, 3.63) is 59.7 Å². The van der Waals surface area contributed by atoms with Crippen molar-refractivity contribution in [3.8, 4) is 5.75 Å². The van der Waals surface area contributed by atoms with Crippen LogP contribution in [0.1, 0.15) is 22.8 Å². The number of ether oxygens (including phenoxy) is 1. The van der Waals surface area contributed by atoms with Crippen LogP contribution in [0.3, 0.4) is 0 Å². The third kappa shape index (κ3) is 4.79. The highest BCUT2D eigenvalue weighted by molar-refractivity contribution is 7.80. The second kappa shape index (κ2) is 8.07. The zero-order valence-electron chi connectivity index (χ0n) is 13.4. The number of amides is 1. The molecule has 0 aliphatic rings. The van der Waals surface area contributed by atoms with Crippen LogP contribution >= 0.6 is 12.2 Å². The van der Waals surface area contributed by atoms with Crippen molar-refractivity contribution in [2.75, 3.05) is 12.4 Å². The van der Waals surface area contributed by atoms with E-state index in [2.05, 4.69) is 15.8 Å². The van der Waals surface area contributed by atoms with Gasteiger partial charge in [-0.2, -0.15) is 5.10 Å². The monoisotopic (exact) mass is 342 g/mol. The highest BCUT2D eigenvalue weighted by Crippen LogP contribution is 2.15. The van der Waals surface area contributed by atoms with Crippen LogP contribution in [-0.2, 0) is 0 Å². The maximum atomic E-state index is 12.3. The lowest BCUT2D eigenvalue weighted by Crippen LogP contribution is -2.25. The van der Waals surface area contributed by atoms with E-state index in [9.17, 15) is 4.79 Å². The maximum absolute atomic E-state index is 12.3. The zero-order valence-corrected chi connectivity index (χ0v) is 14.2. The summed E-state index contributed by atoms with van der Waals surface area (Å²) in [5.41, 5.74) is 10.6. The highest BCUT2D eigenvalue weighted by atomic mass is 32.1. The van der Waals surface area contributed by atoms with Crippen LogP contribution in [0.4, 0.5) is 5.69 Å². The lowest BCUT2D eigenvalue weighted by Gasteiger charge is -2.08. The average molecular weight is 342 g/mol. The van der Waals surface area contributed by atoms with Crippen molar-refractivity contribution in [2.45, 2.75) is 6.92 Å². The summed E-state index contributed by atoms with van der Waals surface area (Å²) in [4.78, 5) is 12.3. The molecular formula is C17H18N4O2S. The number of hydrazone groups is 1. The van der Waals surface area contributed by atoms with E-state index in [-0.39, 0.29) is 11.0 Å². The van der Waals surface area contributed by atoms with E-state index in [0.29, 0.717) is 22.7 Å². The number of carbonyl (C=O) groups is 1. The molecule has 2 aromatic carbocycles. The Morgan fingerprint density at radius 1 is 1.17 bits per heavy atom. The van der Waals surface area contributed by atoms with Crippen LogP contribution in [0.5, 0.6) is 5.75 Å². The lowest BCUT2D eigenvalue weighted by molar-refractivity contribution is 0.102. The van der Waals surface area contributed by atoms with Gasteiger partial charge in [0.25, 0.3) is 5.91 Å². The van der Waals surface area contributed by atoms with Gasteiger partial charge < -0.3 is 15.8 Å². The van der Waals surface area contributed by atoms with E-state index >= 15 is 0 Å². The Morgan fingerprint density at radius 3 is 2.50 bits per heavy atom. The van der Waals surface area contributed by atoms with Crippen LogP contribution in [0.15, 0.2) is 53.6 Å². The van der Waals surface area contributed by atoms with Gasteiger partial charge in [-0.05, 0) is 61.1 Å². The van der Waals surface area contributed by atoms with E-state index in [1.807, 2.05) is 25.1 Å². The van der Waals surface area contributed by atoms with Crippen molar-refractivity contribution in [3.63, 3.8) is 0 Å². The van der Waals surface area contributed by atoms with E-state index in [0.717, 1.165) is 5.56 Å². The molecule has 1 amide bonds. The Bertz CT molecular complexity index is 772. The number of nitrogens with zero attached hydrogens (tertiary/aromatic N) is 1. The van der Waals surface area contributed by atoms with Crippen LogP contribution in [0.25, 0.3) is 0 Å². The third-order valence-electron chi connectivity index (χ3n) is 3.22. The summed E-state index contributed by atoms with van der Waals surface area (Å²) in [6, 6.07) is 14.2. The highest BCUT2D eigenvalue weighted by Gasteiger charge is 2.07. The molecule has 124 valence electrons. The largest absolute Gasteiger partial charge is 0.497 e. The molecule has 4 N–H and O–H groups in total. The van der Waals surface area contributed by atoms with Gasteiger partial charge in [-0.3, -0.25) is 10.2 Å². The predicted octanol–water partition coefficient (Wildman–Crippen LogP) is 2.50. The molecule has 0 spiro atoms. The van der Waals surface area contributed by atoms with Crippen LogP contribution in [-0.4, -0.2) is 23.8 Å². The zero-order chi connectivity index (χ0) is 17.5. The number of nitrogens with one attached hydrogen (secondary N) is 2. The van der Waals surface area contributed by atoms with Gasteiger partial charge in [-0.1, -0.05) is 12.1 Å². The van der Waals surface area contributed by atoms with Gasteiger partial charge in [-0.15, -0.1) is 0 Å². The Balaban J connectivity index is 2.12. The summed E-state index contributed by atoms with van der Waals surface area (Å²) in [6.45, 7) is 1.82. The number of rotatable bonds is 5. The third-order valence-corrected chi connectivity index (χ3v) is 3.32. The molecule has 2 aromatic rings. The van der Waals surface area contributed by atoms with Gasteiger partial charge >= 0.3 is 0 Å². The summed E-state index contributed by atoms with van der Waals surface area (Å²) >= 11 is 4.71. The normalized spacial score (nSPS) is 10.8. The van der Waals surface area contributed by atoms with Crippen LogP contribution in [0.2, 0.25) is 0 Å². The number of methoxy groups -OCH3 is 1. The number of benzene rings is 2. The van der Waals surface area contributed by atoms with E-state index < -0.39 is 0 Å². The number of anilines is 1. The molecule has 0 fully saturated rings. The van der Waals surface area contributed by atoms with Gasteiger partial charge in [0.05, 0.1) is 12.8 Å². The van der Waals surface area contributed by atoms with Gasteiger partial charge in [-0.25, -0.2) is 0 Å². The molecule has 6 nitrogen and oxygen atoms in total. The molecular weight excluding hydrogens is 324 g/mol. The van der Waals surface area contributed by atoms with E-state index in [1.165, 1.54) is 0 Å². The number of nitrogens with two attached hydrogens (primary N) is 1. The summed E-state index contributed by atoms with van der Waals surface area (Å²) in [5.74, 6) is 0.497. The summed E-state index contributed by atoms with van der Waals surface area (Å²) in [7, 11) is 1.58. The molecule has 0 aromatic heterocycles. The molecule has 0 bridgehead atoms. The van der Waals surface area contributed by atoms with Crippen molar-refractivity contribution >= 4 is 34.6 Å². The molecule has 0 atom stereocenters. The molecule has 0 aliphatic heterocycles. The van der Waals surface area contributed by atoms with Crippen molar-refractivity contribution < 1.29 is 9.53 Å². The van der Waals surface area contributed by atoms with Gasteiger partial charge in [0.15, 0.2) is 5.11 Å². The second-order valence-corrected chi connectivity index (χ2v) is 5.38. The minimum atomic E-state index is -0.203. The Kier molecular flexibility index (Phi) is 5.86. The standard InChI is InChI=1S/C17H18N4O2S/c1-11(20-21-17(18)24)13-4-3-5-14(10-13)19-16(22)12-6-8-15(23-2)9-7-12/h3-10H,1-2H3,(H,19,22)(H3,18,21,24). The van der Waals surface area contributed by atoms with Crippen LogP contribution < -0.4 is 21.2 Å². The van der Waals surface area contributed by atoms with Gasteiger partial charge in [0, 0.05) is 11.3 Å². The number of hydrogen-bond donors (Lipinski definition) is 3. The fraction of sp³-hybridized carbons (Fsp3) is 0.118. The summed E-state index contributed by atoms with van der Waals surface area (Å²) in [5, 5.41) is 7.01. The fourth-order valence-electron chi connectivity index (χ4n) is 1.97. The second-order valence-electron chi connectivity index (χ2n) is 4.94. The molecule has 0 saturated carbocycles. The Morgan fingerprint density at radius 2 is 1.88 bits per heavy atom. The molecule has 0 radical (unpaired) electrons. The fourth-order valence-corrected chi connectivity index (χ4v) is 2.02. The molecule has 0 aliphatic carbocycles. The number of carbonyl (C=O) groups excluding carboxylic acids is 1. The molecule has 0 heterocycles. The van der Waals surface area contributed by atoms with Crippen LogP contribution in [0, 0.1) is 0 Å². The summed E-state index contributed by atoms with van der Waals surface area (Å²) < 4.78 is 5.08. The minimum Gasteiger partial charge on any atom is -0.497 e. The van der Waals surface area contributed by atoms with Gasteiger partial charge in [0.1, 0.15) is 5.75 Å². The van der Waals surface area contributed by atoms with Crippen molar-refractivity contribution in [1.29, 1.82) is 0 Å². The Hall–Kier alpha value is -2.93. The predicted molar refractivity (Wildman–Crippen MR) is 99.5 cm³/mol. The van der Waals surface area contributed by atoms with Gasteiger partial charge in [0.2, 0.25) is 0 Å². The number of thiocarbonyl (C=S) groups is 1. The lowest BCUT2D eigenvalue weighted by atomic mass is 10.1. The average Bonchev–Trinajstić information content (AvgIpc) is 2.59.